The molecule has 142 valence electrons. The minimum atomic E-state index is -0.0761. The van der Waals surface area contributed by atoms with Crippen LogP contribution in [0.5, 0.6) is 0 Å². The molecular formula is C22H22N4OS. The predicted molar refractivity (Wildman–Crippen MR) is 114 cm³/mol. The van der Waals surface area contributed by atoms with Gasteiger partial charge in [0.15, 0.2) is 0 Å². The van der Waals surface area contributed by atoms with Gasteiger partial charge in [-0.3, -0.25) is 9.69 Å². The zero-order chi connectivity index (χ0) is 19.7. The summed E-state index contributed by atoms with van der Waals surface area (Å²) in [4.78, 5) is 19.6. The number of thiazole rings is 1. The average Bonchev–Trinajstić information content (AvgIpc) is 3.09. The van der Waals surface area contributed by atoms with E-state index in [1.807, 2.05) is 38.2 Å². The van der Waals surface area contributed by atoms with Gasteiger partial charge in [-0.05, 0) is 27.0 Å². The van der Waals surface area contributed by atoms with Gasteiger partial charge in [0.2, 0.25) is 0 Å². The van der Waals surface area contributed by atoms with Crippen LogP contribution in [0.3, 0.4) is 0 Å². The molecule has 0 amide bonds. The summed E-state index contributed by atoms with van der Waals surface area (Å²) in [5, 5.41) is 9.40. The maximum Gasteiger partial charge on any atom is 0.275 e. The molecule has 28 heavy (non-hydrogen) atoms. The number of nitrogens with zero attached hydrogens (tertiary/aromatic N) is 4. The van der Waals surface area contributed by atoms with Crippen molar-refractivity contribution in [2.45, 2.75) is 27.1 Å². The second-order valence-corrected chi connectivity index (χ2v) is 8.14. The fraction of sp³-hybridized carbons (Fsp3) is 0.227. The third-order valence-corrected chi connectivity index (χ3v) is 5.49. The van der Waals surface area contributed by atoms with Crippen LogP contribution in [0.1, 0.15) is 16.3 Å². The SMILES string of the molecule is Cc1ccc(-c2nn(CN(C)Cc3csc(C)n3)c(=O)c3ccccc23)cc1. The van der Waals surface area contributed by atoms with E-state index in [9.17, 15) is 4.79 Å². The highest BCUT2D eigenvalue weighted by Gasteiger charge is 2.13. The van der Waals surface area contributed by atoms with E-state index in [0.29, 0.717) is 18.6 Å². The lowest BCUT2D eigenvalue weighted by Crippen LogP contribution is -2.32. The number of hydrogen-bond donors (Lipinski definition) is 0. The van der Waals surface area contributed by atoms with E-state index >= 15 is 0 Å². The molecule has 4 rings (SSSR count). The molecule has 2 aromatic heterocycles. The van der Waals surface area contributed by atoms with E-state index < -0.39 is 0 Å². The Morgan fingerprint density at radius 3 is 2.43 bits per heavy atom. The Balaban J connectivity index is 1.75. The molecule has 4 aromatic rings. The van der Waals surface area contributed by atoms with Gasteiger partial charge in [-0.15, -0.1) is 11.3 Å². The highest BCUT2D eigenvalue weighted by atomic mass is 32.1. The molecular weight excluding hydrogens is 368 g/mol. The summed E-state index contributed by atoms with van der Waals surface area (Å²) in [6.45, 7) is 5.13. The lowest BCUT2D eigenvalue weighted by atomic mass is 10.0. The molecule has 0 spiro atoms. The van der Waals surface area contributed by atoms with Crippen LogP contribution in [-0.2, 0) is 13.2 Å². The molecule has 0 bridgehead atoms. The van der Waals surface area contributed by atoms with Crippen molar-refractivity contribution >= 4 is 22.1 Å². The molecule has 0 radical (unpaired) electrons. The van der Waals surface area contributed by atoms with Crippen LogP contribution >= 0.6 is 11.3 Å². The van der Waals surface area contributed by atoms with Gasteiger partial charge in [0.05, 0.1) is 28.5 Å². The Labute approximate surface area is 167 Å². The maximum absolute atomic E-state index is 13.0. The Morgan fingerprint density at radius 1 is 1.04 bits per heavy atom. The third kappa shape index (κ3) is 3.74. The van der Waals surface area contributed by atoms with Crippen LogP contribution in [0.25, 0.3) is 22.0 Å². The highest BCUT2D eigenvalue weighted by Crippen LogP contribution is 2.25. The van der Waals surface area contributed by atoms with Gasteiger partial charge in [-0.1, -0.05) is 48.0 Å². The van der Waals surface area contributed by atoms with Crippen LogP contribution in [0.2, 0.25) is 0 Å². The van der Waals surface area contributed by atoms with Crippen LogP contribution in [0.15, 0.2) is 58.7 Å². The lowest BCUT2D eigenvalue weighted by Gasteiger charge is -2.18. The van der Waals surface area contributed by atoms with E-state index in [-0.39, 0.29) is 5.56 Å². The first-order chi connectivity index (χ1) is 13.5. The molecule has 0 saturated heterocycles. The number of aromatic nitrogens is 3. The van der Waals surface area contributed by atoms with Crippen molar-refractivity contribution in [3.05, 3.63) is 80.5 Å². The van der Waals surface area contributed by atoms with Gasteiger partial charge in [0.25, 0.3) is 5.56 Å². The van der Waals surface area contributed by atoms with Gasteiger partial charge in [-0.25, -0.2) is 9.67 Å². The van der Waals surface area contributed by atoms with Crippen molar-refractivity contribution in [3.8, 4) is 11.3 Å². The van der Waals surface area contributed by atoms with Crippen molar-refractivity contribution < 1.29 is 0 Å². The van der Waals surface area contributed by atoms with Gasteiger partial charge >= 0.3 is 0 Å². The average molecular weight is 391 g/mol. The first-order valence-corrected chi connectivity index (χ1v) is 10.1. The van der Waals surface area contributed by atoms with Crippen molar-refractivity contribution in [3.63, 3.8) is 0 Å². The second kappa shape index (κ2) is 7.66. The minimum Gasteiger partial charge on any atom is -0.281 e. The fourth-order valence-electron chi connectivity index (χ4n) is 3.29. The number of rotatable bonds is 5. The monoisotopic (exact) mass is 390 g/mol. The third-order valence-electron chi connectivity index (χ3n) is 4.67. The maximum atomic E-state index is 13.0. The van der Waals surface area contributed by atoms with E-state index in [0.717, 1.165) is 27.3 Å². The van der Waals surface area contributed by atoms with Crippen LogP contribution in [0.4, 0.5) is 0 Å². The van der Waals surface area contributed by atoms with Crippen molar-refractivity contribution in [1.82, 2.24) is 19.7 Å². The number of aryl methyl sites for hydroxylation is 2. The molecule has 0 saturated carbocycles. The fourth-order valence-corrected chi connectivity index (χ4v) is 3.90. The normalized spacial score (nSPS) is 11.4. The van der Waals surface area contributed by atoms with Gasteiger partial charge < -0.3 is 0 Å². The smallest absolute Gasteiger partial charge is 0.275 e. The lowest BCUT2D eigenvalue weighted by molar-refractivity contribution is 0.239. The van der Waals surface area contributed by atoms with Gasteiger partial charge in [-0.2, -0.15) is 5.10 Å². The van der Waals surface area contributed by atoms with E-state index in [1.165, 1.54) is 5.56 Å². The van der Waals surface area contributed by atoms with Crippen molar-refractivity contribution in [2.75, 3.05) is 7.05 Å². The van der Waals surface area contributed by atoms with E-state index in [2.05, 4.69) is 46.5 Å². The molecule has 6 heteroatoms. The van der Waals surface area contributed by atoms with Crippen molar-refractivity contribution in [2.24, 2.45) is 0 Å². The molecule has 0 aliphatic carbocycles. The molecule has 0 N–H and O–H groups in total. The first kappa shape index (κ1) is 18.5. The van der Waals surface area contributed by atoms with Gasteiger partial charge in [0, 0.05) is 22.9 Å². The second-order valence-electron chi connectivity index (χ2n) is 7.08. The number of benzene rings is 2. The molecule has 0 atom stereocenters. The van der Waals surface area contributed by atoms with E-state index in [1.54, 1.807) is 16.0 Å². The summed E-state index contributed by atoms with van der Waals surface area (Å²) >= 11 is 1.64. The Bertz CT molecular complexity index is 1180. The summed E-state index contributed by atoms with van der Waals surface area (Å²) in [6, 6.07) is 15.9. The largest absolute Gasteiger partial charge is 0.281 e. The van der Waals surface area contributed by atoms with Crippen LogP contribution in [-0.4, -0.2) is 26.7 Å². The summed E-state index contributed by atoms with van der Waals surface area (Å²) < 4.78 is 1.55. The summed E-state index contributed by atoms with van der Waals surface area (Å²) in [7, 11) is 1.98. The molecule has 0 aliphatic heterocycles. The Kier molecular flexibility index (Phi) is 5.07. The quantitative estimate of drug-likeness (QED) is 0.512. The molecule has 0 aliphatic rings. The predicted octanol–water partition coefficient (Wildman–Crippen LogP) is 4.23. The zero-order valence-corrected chi connectivity index (χ0v) is 17.0. The summed E-state index contributed by atoms with van der Waals surface area (Å²) in [6.07, 6.45) is 0. The minimum absolute atomic E-state index is 0.0761. The first-order valence-electron chi connectivity index (χ1n) is 9.18. The molecule has 2 heterocycles. The molecule has 2 aromatic carbocycles. The van der Waals surface area contributed by atoms with Crippen molar-refractivity contribution in [1.29, 1.82) is 0 Å². The Hall–Kier alpha value is -2.83. The number of fused-ring (bicyclic) bond motifs is 1. The summed E-state index contributed by atoms with van der Waals surface area (Å²) in [5.41, 5.74) is 3.96. The molecule has 0 unspecified atom stereocenters. The standard InChI is InChI=1S/C22H22N4OS/c1-15-8-10-17(11-9-15)21-19-6-4-5-7-20(19)22(27)26(24-21)14-25(3)12-18-13-28-16(2)23-18/h4-11,13H,12,14H2,1-3H3. The zero-order valence-electron chi connectivity index (χ0n) is 16.2. The number of hydrogen-bond acceptors (Lipinski definition) is 5. The van der Waals surface area contributed by atoms with Crippen LogP contribution < -0.4 is 5.56 Å². The van der Waals surface area contributed by atoms with E-state index in [4.69, 9.17) is 5.10 Å². The Morgan fingerprint density at radius 2 is 1.75 bits per heavy atom. The topological polar surface area (TPSA) is 51.0 Å². The molecule has 0 fully saturated rings. The van der Waals surface area contributed by atoms with Gasteiger partial charge in [0.1, 0.15) is 0 Å². The highest BCUT2D eigenvalue weighted by molar-refractivity contribution is 7.09. The molecule has 5 nitrogen and oxygen atoms in total. The summed E-state index contributed by atoms with van der Waals surface area (Å²) in [5.74, 6) is 0. The van der Waals surface area contributed by atoms with Crippen LogP contribution in [0, 0.1) is 13.8 Å².